The lowest BCUT2D eigenvalue weighted by molar-refractivity contribution is 0.669. The number of para-hydroxylation sites is 4. The number of nitrogens with zero attached hydrogens (tertiary/aromatic N) is 4. The lowest BCUT2D eigenvalue weighted by Crippen LogP contribution is -2.01. The standard InChI is InChI=1S/C51H30N4OS/c1-3-14-31(15-4-1)33-26-27-38-41-29-34(55-43-23-10-7-18-35(43)36-19-8-11-24-44(36)55)30-42(48(41)57-46(38)28-33)51-53-49(32-16-5-2-6-17-32)52-50(54-51)40-22-13-21-39-37-20-9-12-25-45(37)56-47(39)40/h1-30H. The van der Waals surface area contributed by atoms with Crippen molar-refractivity contribution in [2.45, 2.75) is 0 Å². The summed E-state index contributed by atoms with van der Waals surface area (Å²) in [6, 6.07) is 63.8. The van der Waals surface area contributed by atoms with Crippen molar-refractivity contribution in [1.82, 2.24) is 19.5 Å². The van der Waals surface area contributed by atoms with Crippen LogP contribution >= 0.6 is 11.3 Å². The van der Waals surface area contributed by atoms with Gasteiger partial charge in [-0.3, -0.25) is 0 Å². The smallest absolute Gasteiger partial charge is 0.167 e. The lowest BCUT2D eigenvalue weighted by Gasteiger charge is -2.13. The van der Waals surface area contributed by atoms with Crippen LogP contribution in [-0.4, -0.2) is 19.5 Å². The summed E-state index contributed by atoms with van der Waals surface area (Å²) in [5.41, 5.74) is 9.99. The van der Waals surface area contributed by atoms with Gasteiger partial charge in [0.1, 0.15) is 11.2 Å². The van der Waals surface area contributed by atoms with E-state index in [1.807, 2.05) is 42.5 Å². The van der Waals surface area contributed by atoms with E-state index in [1.54, 1.807) is 11.3 Å². The lowest BCUT2D eigenvalue weighted by atomic mass is 10.0. The Labute approximate surface area is 330 Å². The van der Waals surface area contributed by atoms with Crippen LogP contribution < -0.4 is 0 Å². The Hall–Kier alpha value is -7.41. The summed E-state index contributed by atoms with van der Waals surface area (Å²) >= 11 is 1.79. The molecule has 12 rings (SSSR count). The van der Waals surface area contributed by atoms with E-state index in [0.717, 1.165) is 65.4 Å². The molecule has 266 valence electrons. The largest absolute Gasteiger partial charge is 0.455 e. The van der Waals surface area contributed by atoms with Crippen LogP contribution in [0.4, 0.5) is 0 Å². The minimum atomic E-state index is 0.561. The minimum absolute atomic E-state index is 0.561. The van der Waals surface area contributed by atoms with Crippen LogP contribution in [0.25, 0.3) is 115 Å². The molecule has 5 nitrogen and oxygen atoms in total. The number of hydrogen-bond donors (Lipinski definition) is 0. The fourth-order valence-corrected chi connectivity index (χ4v) is 9.66. The molecular weight excluding hydrogens is 717 g/mol. The molecule has 0 N–H and O–H groups in total. The zero-order chi connectivity index (χ0) is 37.5. The number of fused-ring (bicyclic) bond motifs is 9. The van der Waals surface area contributed by atoms with Gasteiger partial charge in [-0.25, -0.2) is 15.0 Å². The Balaban J connectivity index is 1.18. The van der Waals surface area contributed by atoms with Gasteiger partial charge in [0.2, 0.25) is 0 Å². The fourth-order valence-electron chi connectivity index (χ4n) is 8.43. The van der Waals surface area contributed by atoms with E-state index in [0.29, 0.717) is 17.5 Å². The summed E-state index contributed by atoms with van der Waals surface area (Å²) in [5, 5.41) is 6.87. The van der Waals surface area contributed by atoms with Crippen LogP contribution in [0.1, 0.15) is 0 Å². The normalized spacial score (nSPS) is 11.9. The average Bonchev–Trinajstić information content (AvgIpc) is 3.96. The van der Waals surface area contributed by atoms with Crippen molar-refractivity contribution in [2.24, 2.45) is 0 Å². The quantitative estimate of drug-likeness (QED) is 0.176. The monoisotopic (exact) mass is 746 g/mol. The van der Waals surface area contributed by atoms with Gasteiger partial charge in [-0.2, -0.15) is 0 Å². The van der Waals surface area contributed by atoms with Crippen LogP contribution in [0.3, 0.4) is 0 Å². The molecule has 0 atom stereocenters. The molecule has 12 aromatic rings. The first-order valence-corrected chi connectivity index (χ1v) is 19.8. The first kappa shape index (κ1) is 31.9. The third-order valence-electron chi connectivity index (χ3n) is 11.1. The number of hydrogen-bond acceptors (Lipinski definition) is 5. The molecule has 0 aliphatic heterocycles. The summed E-state index contributed by atoms with van der Waals surface area (Å²) in [6.07, 6.45) is 0. The molecule has 4 heterocycles. The van der Waals surface area contributed by atoms with Crippen molar-refractivity contribution in [1.29, 1.82) is 0 Å². The van der Waals surface area contributed by atoms with Gasteiger partial charge < -0.3 is 8.98 Å². The van der Waals surface area contributed by atoms with Gasteiger partial charge in [-0.1, -0.05) is 140 Å². The molecule has 0 bridgehead atoms. The Morgan fingerprint density at radius 3 is 1.77 bits per heavy atom. The van der Waals surface area contributed by atoms with Gasteiger partial charge in [-0.05, 0) is 53.6 Å². The van der Waals surface area contributed by atoms with Gasteiger partial charge in [0.15, 0.2) is 17.5 Å². The molecule has 6 heteroatoms. The summed E-state index contributed by atoms with van der Waals surface area (Å²) in [6.45, 7) is 0. The minimum Gasteiger partial charge on any atom is -0.455 e. The second-order valence-corrected chi connectivity index (χ2v) is 15.4. The predicted molar refractivity (Wildman–Crippen MR) is 236 cm³/mol. The molecular formula is C51H30N4OS. The zero-order valence-corrected chi connectivity index (χ0v) is 31.2. The number of furan rings is 1. The first-order valence-electron chi connectivity index (χ1n) is 19.0. The van der Waals surface area contributed by atoms with E-state index < -0.39 is 0 Å². The maximum Gasteiger partial charge on any atom is 0.167 e. The Morgan fingerprint density at radius 2 is 1.02 bits per heavy atom. The third kappa shape index (κ3) is 5.04. The third-order valence-corrected chi connectivity index (χ3v) is 12.3. The molecule has 0 saturated heterocycles. The van der Waals surface area contributed by atoms with E-state index in [4.69, 9.17) is 19.4 Å². The SMILES string of the molecule is c1ccc(-c2ccc3c(c2)sc2c(-c4nc(-c5ccccc5)nc(-c5cccc6c5oc5ccccc56)n4)cc(-n4c5ccccc5c5ccccc54)cc23)cc1. The van der Waals surface area contributed by atoms with E-state index >= 15 is 0 Å². The van der Waals surface area contributed by atoms with Crippen molar-refractivity contribution in [3.05, 3.63) is 182 Å². The highest BCUT2D eigenvalue weighted by molar-refractivity contribution is 7.26. The van der Waals surface area contributed by atoms with Crippen LogP contribution in [0.15, 0.2) is 186 Å². The van der Waals surface area contributed by atoms with Crippen LogP contribution in [0.5, 0.6) is 0 Å². The number of benzene rings is 8. The molecule has 0 amide bonds. The van der Waals surface area contributed by atoms with Gasteiger partial charge >= 0.3 is 0 Å². The molecule has 4 aromatic heterocycles. The van der Waals surface area contributed by atoms with Crippen molar-refractivity contribution in [3.8, 4) is 51.0 Å². The maximum absolute atomic E-state index is 6.54. The van der Waals surface area contributed by atoms with Crippen molar-refractivity contribution >= 4 is 75.3 Å². The Morgan fingerprint density at radius 1 is 0.404 bits per heavy atom. The maximum atomic E-state index is 6.54. The van der Waals surface area contributed by atoms with E-state index in [1.165, 1.54) is 32.0 Å². The Kier molecular flexibility index (Phi) is 7.03. The van der Waals surface area contributed by atoms with Crippen LogP contribution in [0.2, 0.25) is 0 Å². The molecule has 0 aliphatic rings. The molecule has 0 aliphatic carbocycles. The summed E-state index contributed by atoms with van der Waals surface area (Å²) in [4.78, 5) is 15.8. The van der Waals surface area contributed by atoms with E-state index in [2.05, 4.69) is 144 Å². The van der Waals surface area contributed by atoms with Gasteiger partial charge in [0.25, 0.3) is 0 Å². The van der Waals surface area contributed by atoms with Gasteiger partial charge in [0.05, 0.1) is 16.6 Å². The second-order valence-electron chi connectivity index (χ2n) is 14.4. The van der Waals surface area contributed by atoms with Crippen molar-refractivity contribution in [2.75, 3.05) is 0 Å². The predicted octanol–water partition coefficient (Wildman–Crippen LogP) is 13.9. The summed E-state index contributed by atoms with van der Waals surface area (Å²) < 4.78 is 11.2. The molecule has 8 aromatic carbocycles. The second kappa shape index (κ2) is 12.6. The summed E-state index contributed by atoms with van der Waals surface area (Å²) in [7, 11) is 0. The van der Waals surface area contributed by atoms with E-state index in [-0.39, 0.29) is 0 Å². The summed E-state index contributed by atoms with van der Waals surface area (Å²) in [5.74, 6) is 1.77. The molecule has 0 radical (unpaired) electrons. The fraction of sp³-hybridized carbons (Fsp3) is 0. The van der Waals surface area contributed by atoms with E-state index in [9.17, 15) is 0 Å². The first-order chi connectivity index (χ1) is 28.2. The highest BCUT2D eigenvalue weighted by atomic mass is 32.1. The number of rotatable bonds is 5. The van der Waals surface area contributed by atoms with Crippen LogP contribution in [-0.2, 0) is 0 Å². The highest BCUT2D eigenvalue weighted by Gasteiger charge is 2.22. The van der Waals surface area contributed by atoms with Crippen LogP contribution in [0, 0.1) is 0 Å². The molecule has 57 heavy (non-hydrogen) atoms. The molecule has 0 saturated carbocycles. The van der Waals surface area contributed by atoms with Crippen molar-refractivity contribution < 1.29 is 4.42 Å². The topological polar surface area (TPSA) is 56.7 Å². The average molecular weight is 747 g/mol. The van der Waals surface area contributed by atoms with Gasteiger partial charge in [0, 0.05) is 58.5 Å². The zero-order valence-electron chi connectivity index (χ0n) is 30.4. The highest BCUT2D eigenvalue weighted by Crippen LogP contribution is 2.44. The number of aromatic nitrogens is 4. The number of thiophene rings is 1. The Bertz CT molecular complexity index is 3470. The molecule has 0 unspecified atom stereocenters. The van der Waals surface area contributed by atoms with Crippen molar-refractivity contribution in [3.63, 3.8) is 0 Å². The molecule has 0 fully saturated rings. The van der Waals surface area contributed by atoms with Gasteiger partial charge in [-0.15, -0.1) is 11.3 Å². The molecule has 0 spiro atoms.